The zero-order valence-corrected chi connectivity index (χ0v) is 24.7. The Hall–Kier alpha value is -6.37. The Kier molecular flexibility index (Phi) is 5.88. The molecule has 0 radical (unpaired) electrons. The van der Waals surface area contributed by atoms with E-state index in [0.29, 0.717) is 5.56 Å². The van der Waals surface area contributed by atoms with Crippen LogP contribution >= 0.6 is 0 Å². The third kappa shape index (κ3) is 4.13. The molecule has 3 nitrogen and oxygen atoms in total. The van der Waals surface area contributed by atoms with Gasteiger partial charge in [0.15, 0.2) is 0 Å². The van der Waals surface area contributed by atoms with Crippen molar-refractivity contribution < 1.29 is 8.83 Å². The second-order valence-corrected chi connectivity index (χ2v) is 11.6. The van der Waals surface area contributed by atoms with Gasteiger partial charge in [-0.2, -0.15) is 5.26 Å². The Morgan fingerprint density at radius 1 is 0.370 bits per heavy atom. The molecule has 0 fully saturated rings. The molecule has 46 heavy (non-hydrogen) atoms. The second kappa shape index (κ2) is 10.4. The molecule has 0 unspecified atom stereocenters. The number of hydrogen-bond acceptors (Lipinski definition) is 3. The van der Waals surface area contributed by atoms with Gasteiger partial charge < -0.3 is 8.83 Å². The average Bonchev–Trinajstić information content (AvgIpc) is 3.70. The first kappa shape index (κ1) is 26.1. The number of hydrogen-bond donors (Lipinski definition) is 0. The minimum absolute atomic E-state index is 0.658. The Labute approximate surface area is 265 Å². The predicted octanol–water partition coefficient (Wildman–Crippen LogP) is 12.0. The van der Waals surface area contributed by atoms with Crippen molar-refractivity contribution in [2.24, 2.45) is 0 Å². The zero-order valence-electron chi connectivity index (χ0n) is 24.7. The maximum atomic E-state index is 9.81. The van der Waals surface area contributed by atoms with Crippen molar-refractivity contribution in [3.63, 3.8) is 0 Å². The van der Waals surface area contributed by atoms with E-state index in [1.165, 1.54) is 0 Å². The number of furan rings is 2. The van der Waals surface area contributed by atoms with E-state index in [0.717, 1.165) is 88.4 Å². The fourth-order valence-corrected chi connectivity index (χ4v) is 6.83. The first-order chi connectivity index (χ1) is 22.7. The molecule has 3 heteroatoms. The van der Waals surface area contributed by atoms with Gasteiger partial charge in [-0.3, -0.25) is 0 Å². The molecule has 0 aliphatic heterocycles. The number of para-hydroxylation sites is 2. The molecule has 0 atom stereocenters. The first-order valence-electron chi connectivity index (χ1n) is 15.3. The molecular formula is C43H25NO2. The molecule has 214 valence electrons. The summed E-state index contributed by atoms with van der Waals surface area (Å²) < 4.78 is 12.6. The van der Waals surface area contributed by atoms with Gasteiger partial charge in [0.05, 0.1) is 11.6 Å². The van der Waals surface area contributed by atoms with E-state index in [1.807, 2.05) is 60.7 Å². The Bertz CT molecular complexity index is 2530. The molecule has 0 spiro atoms. The Morgan fingerprint density at radius 3 is 1.46 bits per heavy atom. The topological polar surface area (TPSA) is 50.1 Å². The Balaban J connectivity index is 1.33. The van der Waals surface area contributed by atoms with Crippen LogP contribution in [-0.4, -0.2) is 0 Å². The van der Waals surface area contributed by atoms with E-state index >= 15 is 0 Å². The van der Waals surface area contributed by atoms with Gasteiger partial charge in [-0.15, -0.1) is 0 Å². The van der Waals surface area contributed by atoms with Crippen LogP contribution in [0.2, 0.25) is 0 Å². The lowest BCUT2D eigenvalue weighted by atomic mass is 9.89. The van der Waals surface area contributed by atoms with Crippen LogP contribution in [0.4, 0.5) is 0 Å². The highest BCUT2D eigenvalue weighted by Crippen LogP contribution is 2.43. The largest absolute Gasteiger partial charge is 0.456 e. The summed E-state index contributed by atoms with van der Waals surface area (Å²) in [7, 11) is 0. The van der Waals surface area contributed by atoms with Crippen molar-refractivity contribution in [3.05, 3.63) is 157 Å². The van der Waals surface area contributed by atoms with Crippen molar-refractivity contribution >= 4 is 43.9 Å². The fourth-order valence-electron chi connectivity index (χ4n) is 6.83. The quantitative estimate of drug-likeness (QED) is 0.206. The lowest BCUT2D eigenvalue weighted by molar-refractivity contribution is 0.668. The van der Waals surface area contributed by atoms with Crippen LogP contribution < -0.4 is 0 Å². The van der Waals surface area contributed by atoms with Gasteiger partial charge in [-0.25, -0.2) is 0 Å². The molecule has 2 aromatic heterocycles. The number of nitrogens with zero attached hydrogens (tertiary/aromatic N) is 1. The fraction of sp³-hybridized carbons (Fsp3) is 0. The number of fused-ring (bicyclic) bond motifs is 6. The summed E-state index contributed by atoms with van der Waals surface area (Å²) in [6, 6.07) is 54.4. The van der Waals surface area contributed by atoms with E-state index in [9.17, 15) is 5.26 Å². The van der Waals surface area contributed by atoms with Gasteiger partial charge in [0.1, 0.15) is 22.3 Å². The molecule has 0 aliphatic carbocycles. The van der Waals surface area contributed by atoms with E-state index in [4.69, 9.17) is 8.83 Å². The number of nitriles is 1. The lowest BCUT2D eigenvalue weighted by Crippen LogP contribution is -1.89. The third-order valence-corrected chi connectivity index (χ3v) is 8.91. The van der Waals surface area contributed by atoms with Crippen molar-refractivity contribution in [2.75, 3.05) is 0 Å². The van der Waals surface area contributed by atoms with E-state index in [1.54, 1.807) is 0 Å². The number of rotatable bonds is 4. The van der Waals surface area contributed by atoms with Gasteiger partial charge >= 0.3 is 0 Å². The summed E-state index contributed by atoms with van der Waals surface area (Å²) in [6.07, 6.45) is 0. The molecule has 0 saturated carbocycles. The van der Waals surface area contributed by atoms with Crippen LogP contribution in [0, 0.1) is 11.3 Å². The van der Waals surface area contributed by atoms with Crippen LogP contribution in [0.25, 0.3) is 88.4 Å². The van der Waals surface area contributed by atoms with E-state index in [-0.39, 0.29) is 0 Å². The van der Waals surface area contributed by atoms with Crippen LogP contribution in [0.1, 0.15) is 5.56 Å². The van der Waals surface area contributed by atoms with Gasteiger partial charge in [0, 0.05) is 21.5 Å². The van der Waals surface area contributed by atoms with Crippen molar-refractivity contribution in [1.29, 1.82) is 5.26 Å². The molecule has 9 rings (SSSR count). The average molecular weight is 588 g/mol. The van der Waals surface area contributed by atoms with Gasteiger partial charge in [-0.05, 0) is 99.1 Å². The zero-order chi connectivity index (χ0) is 30.6. The maximum Gasteiger partial charge on any atom is 0.136 e. The molecule has 9 aromatic rings. The summed E-state index contributed by atoms with van der Waals surface area (Å²) in [5.41, 5.74) is 12.6. The monoisotopic (exact) mass is 587 g/mol. The van der Waals surface area contributed by atoms with Crippen LogP contribution in [0.3, 0.4) is 0 Å². The van der Waals surface area contributed by atoms with Crippen LogP contribution in [0.15, 0.2) is 160 Å². The van der Waals surface area contributed by atoms with Crippen molar-refractivity contribution in [1.82, 2.24) is 0 Å². The van der Waals surface area contributed by atoms with Crippen molar-refractivity contribution in [2.45, 2.75) is 0 Å². The normalized spacial score (nSPS) is 11.5. The smallest absolute Gasteiger partial charge is 0.136 e. The number of benzene rings is 7. The molecule has 7 aromatic carbocycles. The summed E-state index contributed by atoms with van der Waals surface area (Å²) in [5, 5.41) is 14.2. The standard InChI is InChI=1S/C43H25NO2/c44-26-29-10-1-2-13-33(29)28-12-7-11-27(22-28)30-23-31(34-16-8-20-40-42(34)36-14-3-5-18-38(36)45-40)25-32(24-30)35-17-9-21-41-43(35)37-15-4-6-19-39(37)46-41/h1-25H. The third-order valence-electron chi connectivity index (χ3n) is 8.91. The second-order valence-electron chi connectivity index (χ2n) is 11.6. The molecule has 0 saturated heterocycles. The minimum Gasteiger partial charge on any atom is -0.456 e. The molecule has 0 aliphatic rings. The molecule has 0 amide bonds. The Morgan fingerprint density at radius 2 is 0.826 bits per heavy atom. The van der Waals surface area contributed by atoms with Crippen molar-refractivity contribution in [3.8, 4) is 50.6 Å². The highest BCUT2D eigenvalue weighted by Gasteiger charge is 2.17. The van der Waals surface area contributed by atoms with E-state index in [2.05, 4.69) is 97.1 Å². The molecule has 0 bridgehead atoms. The van der Waals surface area contributed by atoms with E-state index < -0.39 is 0 Å². The molecule has 0 N–H and O–H groups in total. The summed E-state index contributed by atoms with van der Waals surface area (Å²) in [5.74, 6) is 0. The van der Waals surface area contributed by atoms with Gasteiger partial charge in [0.25, 0.3) is 0 Å². The van der Waals surface area contributed by atoms with Crippen LogP contribution in [0.5, 0.6) is 0 Å². The highest BCUT2D eigenvalue weighted by molar-refractivity contribution is 6.14. The molecule has 2 heterocycles. The molecular weight excluding hydrogens is 562 g/mol. The first-order valence-corrected chi connectivity index (χ1v) is 15.3. The van der Waals surface area contributed by atoms with Crippen LogP contribution in [-0.2, 0) is 0 Å². The maximum absolute atomic E-state index is 9.81. The summed E-state index contributed by atoms with van der Waals surface area (Å²) in [4.78, 5) is 0. The van der Waals surface area contributed by atoms with Gasteiger partial charge in [0.2, 0.25) is 0 Å². The van der Waals surface area contributed by atoms with Gasteiger partial charge in [-0.1, -0.05) is 97.1 Å². The summed E-state index contributed by atoms with van der Waals surface area (Å²) >= 11 is 0. The highest BCUT2D eigenvalue weighted by atomic mass is 16.3. The SMILES string of the molecule is N#Cc1ccccc1-c1cccc(-c2cc(-c3cccc4oc5ccccc5c34)cc(-c3cccc4oc5ccccc5c34)c2)c1. The minimum atomic E-state index is 0.658. The predicted molar refractivity (Wildman–Crippen MR) is 187 cm³/mol. The summed E-state index contributed by atoms with van der Waals surface area (Å²) in [6.45, 7) is 0. The lowest BCUT2D eigenvalue weighted by Gasteiger charge is -2.14.